The first-order valence-corrected chi connectivity index (χ1v) is 8.45. The monoisotopic (exact) mass is 338 g/mol. The molecule has 0 aliphatic rings. The minimum atomic E-state index is 0.553. The van der Waals surface area contributed by atoms with Gasteiger partial charge in [0, 0.05) is 22.7 Å². The fourth-order valence-corrected chi connectivity index (χ4v) is 2.43. The van der Waals surface area contributed by atoms with Crippen molar-refractivity contribution in [1.82, 2.24) is 15.0 Å². The fourth-order valence-electron chi connectivity index (χ4n) is 2.30. The molecule has 1 N–H and O–H groups in total. The number of benzene rings is 2. The minimum Gasteiger partial charge on any atom is -0.324 e. The van der Waals surface area contributed by atoms with Gasteiger partial charge in [0.2, 0.25) is 5.95 Å². The second kappa shape index (κ2) is 7.88. The zero-order valence-electron chi connectivity index (χ0n) is 13.5. The molecule has 24 heavy (non-hydrogen) atoms. The Balaban J connectivity index is 1.93. The van der Waals surface area contributed by atoms with Crippen LogP contribution in [0.5, 0.6) is 0 Å². The van der Waals surface area contributed by atoms with Crippen LogP contribution >= 0.6 is 11.6 Å². The summed E-state index contributed by atoms with van der Waals surface area (Å²) in [6.07, 6.45) is 3.00. The molecule has 3 rings (SSSR count). The maximum atomic E-state index is 5.93. The molecule has 0 saturated carbocycles. The highest BCUT2D eigenvalue weighted by atomic mass is 35.5. The van der Waals surface area contributed by atoms with E-state index in [0.717, 1.165) is 36.3 Å². The topological polar surface area (TPSA) is 50.7 Å². The highest BCUT2D eigenvalue weighted by molar-refractivity contribution is 6.30. The molecule has 0 aliphatic carbocycles. The fraction of sp³-hybridized carbons (Fsp3) is 0.211. The number of nitrogens with zero attached hydrogens (tertiary/aromatic N) is 3. The lowest BCUT2D eigenvalue weighted by Gasteiger charge is -2.09. The molecule has 0 fully saturated rings. The van der Waals surface area contributed by atoms with Gasteiger partial charge in [0.25, 0.3) is 0 Å². The third-order valence-corrected chi connectivity index (χ3v) is 3.82. The van der Waals surface area contributed by atoms with Crippen molar-refractivity contribution in [2.75, 3.05) is 5.32 Å². The van der Waals surface area contributed by atoms with Crippen LogP contribution in [-0.4, -0.2) is 15.0 Å². The van der Waals surface area contributed by atoms with E-state index < -0.39 is 0 Å². The van der Waals surface area contributed by atoms with Gasteiger partial charge in [-0.3, -0.25) is 0 Å². The SMILES string of the molecule is CCCCc1nc(Nc2ccc(Cl)cc2)nc(-c2ccccc2)n1. The zero-order valence-corrected chi connectivity index (χ0v) is 14.3. The summed E-state index contributed by atoms with van der Waals surface area (Å²) >= 11 is 5.93. The molecule has 0 amide bonds. The Morgan fingerprint density at radius 2 is 1.67 bits per heavy atom. The van der Waals surface area contributed by atoms with Crippen LogP contribution in [0.2, 0.25) is 5.02 Å². The lowest BCUT2D eigenvalue weighted by molar-refractivity contribution is 0.748. The summed E-state index contributed by atoms with van der Waals surface area (Å²) in [5.41, 5.74) is 1.88. The zero-order chi connectivity index (χ0) is 16.8. The van der Waals surface area contributed by atoms with Crippen molar-refractivity contribution in [2.24, 2.45) is 0 Å². The van der Waals surface area contributed by atoms with E-state index in [1.165, 1.54) is 0 Å². The molecule has 2 aromatic carbocycles. The number of aromatic nitrogens is 3. The Labute approximate surface area is 147 Å². The van der Waals surface area contributed by atoms with Crippen molar-refractivity contribution in [3.63, 3.8) is 0 Å². The van der Waals surface area contributed by atoms with Gasteiger partial charge in [-0.05, 0) is 30.7 Å². The lowest BCUT2D eigenvalue weighted by atomic mass is 10.2. The highest BCUT2D eigenvalue weighted by Crippen LogP contribution is 2.20. The summed E-state index contributed by atoms with van der Waals surface area (Å²) in [4.78, 5) is 13.7. The lowest BCUT2D eigenvalue weighted by Crippen LogP contribution is -2.05. The predicted molar refractivity (Wildman–Crippen MR) is 98.6 cm³/mol. The molecule has 3 aromatic rings. The maximum Gasteiger partial charge on any atom is 0.231 e. The Bertz CT molecular complexity index is 788. The van der Waals surface area contributed by atoms with Crippen molar-refractivity contribution >= 4 is 23.2 Å². The van der Waals surface area contributed by atoms with Gasteiger partial charge in [-0.2, -0.15) is 9.97 Å². The van der Waals surface area contributed by atoms with Crippen LogP contribution in [0.15, 0.2) is 54.6 Å². The van der Waals surface area contributed by atoms with Gasteiger partial charge in [0.05, 0.1) is 0 Å². The summed E-state index contributed by atoms with van der Waals surface area (Å²) in [7, 11) is 0. The van der Waals surface area contributed by atoms with Crippen molar-refractivity contribution in [3.8, 4) is 11.4 Å². The molecule has 0 aliphatic heterocycles. The van der Waals surface area contributed by atoms with Gasteiger partial charge >= 0.3 is 0 Å². The first kappa shape index (κ1) is 16.4. The number of aryl methyl sites for hydroxylation is 1. The van der Waals surface area contributed by atoms with Gasteiger partial charge in [-0.25, -0.2) is 4.98 Å². The molecule has 122 valence electrons. The predicted octanol–water partition coefficient (Wildman–Crippen LogP) is 5.28. The average Bonchev–Trinajstić information content (AvgIpc) is 2.62. The van der Waals surface area contributed by atoms with E-state index >= 15 is 0 Å². The molecule has 0 atom stereocenters. The average molecular weight is 339 g/mol. The van der Waals surface area contributed by atoms with Crippen LogP contribution in [0.4, 0.5) is 11.6 Å². The normalized spacial score (nSPS) is 10.6. The number of rotatable bonds is 6. The third kappa shape index (κ3) is 4.30. The van der Waals surface area contributed by atoms with Crippen molar-refractivity contribution < 1.29 is 0 Å². The number of hydrogen-bond donors (Lipinski definition) is 1. The molecular weight excluding hydrogens is 320 g/mol. The second-order valence-electron chi connectivity index (χ2n) is 5.50. The maximum absolute atomic E-state index is 5.93. The number of unbranched alkanes of at least 4 members (excludes halogenated alkanes) is 1. The standard InChI is InChI=1S/C19H19ClN4/c1-2-3-9-17-22-18(14-7-5-4-6-8-14)24-19(23-17)21-16-12-10-15(20)11-13-16/h4-8,10-13H,2-3,9H2,1H3,(H,21,22,23,24). The molecule has 0 unspecified atom stereocenters. The number of anilines is 2. The molecule has 0 bridgehead atoms. The molecule has 5 heteroatoms. The van der Waals surface area contributed by atoms with Crippen LogP contribution in [0.25, 0.3) is 11.4 Å². The summed E-state index contributed by atoms with van der Waals surface area (Å²) in [6.45, 7) is 2.16. The van der Waals surface area contributed by atoms with Gasteiger partial charge in [-0.1, -0.05) is 55.3 Å². The molecule has 1 heterocycles. The number of hydrogen-bond acceptors (Lipinski definition) is 4. The van der Waals surface area contributed by atoms with Crippen molar-refractivity contribution in [1.29, 1.82) is 0 Å². The molecule has 0 saturated heterocycles. The molecule has 4 nitrogen and oxygen atoms in total. The third-order valence-electron chi connectivity index (χ3n) is 3.57. The van der Waals surface area contributed by atoms with E-state index in [1.807, 2.05) is 54.6 Å². The van der Waals surface area contributed by atoms with E-state index in [9.17, 15) is 0 Å². The van der Waals surface area contributed by atoms with Gasteiger partial charge < -0.3 is 5.32 Å². The van der Waals surface area contributed by atoms with E-state index in [1.54, 1.807) is 0 Å². The van der Waals surface area contributed by atoms with Crippen LogP contribution in [-0.2, 0) is 6.42 Å². The first-order valence-electron chi connectivity index (χ1n) is 8.07. The Hall–Kier alpha value is -2.46. The molecule has 0 radical (unpaired) electrons. The van der Waals surface area contributed by atoms with E-state index in [2.05, 4.69) is 27.2 Å². The van der Waals surface area contributed by atoms with Crippen LogP contribution in [0.1, 0.15) is 25.6 Å². The van der Waals surface area contributed by atoms with Gasteiger partial charge in [0.15, 0.2) is 5.82 Å². The van der Waals surface area contributed by atoms with Crippen LogP contribution in [0.3, 0.4) is 0 Å². The molecule has 0 spiro atoms. The summed E-state index contributed by atoms with van der Waals surface area (Å²) in [6, 6.07) is 17.4. The van der Waals surface area contributed by atoms with Crippen LogP contribution < -0.4 is 5.32 Å². The first-order chi connectivity index (χ1) is 11.7. The molecule has 1 aromatic heterocycles. The van der Waals surface area contributed by atoms with Crippen molar-refractivity contribution in [3.05, 3.63) is 65.4 Å². The van der Waals surface area contributed by atoms with E-state index in [-0.39, 0.29) is 0 Å². The second-order valence-corrected chi connectivity index (χ2v) is 5.94. The minimum absolute atomic E-state index is 0.553. The van der Waals surface area contributed by atoms with Gasteiger partial charge in [0.1, 0.15) is 5.82 Å². The Kier molecular flexibility index (Phi) is 5.39. The summed E-state index contributed by atoms with van der Waals surface area (Å²) in [5.74, 6) is 2.05. The number of halogens is 1. The Morgan fingerprint density at radius 1 is 0.917 bits per heavy atom. The largest absolute Gasteiger partial charge is 0.324 e. The summed E-state index contributed by atoms with van der Waals surface area (Å²) < 4.78 is 0. The summed E-state index contributed by atoms with van der Waals surface area (Å²) in [5, 5.41) is 3.94. The van der Waals surface area contributed by atoms with E-state index in [4.69, 9.17) is 11.6 Å². The smallest absolute Gasteiger partial charge is 0.231 e. The molecular formula is C19H19ClN4. The quantitative estimate of drug-likeness (QED) is 0.664. The van der Waals surface area contributed by atoms with Gasteiger partial charge in [-0.15, -0.1) is 0 Å². The highest BCUT2D eigenvalue weighted by Gasteiger charge is 2.08. The van der Waals surface area contributed by atoms with Crippen LogP contribution in [0, 0.1) is 0 Å². The number of nitrogens with one attached hydrogen (secondary N) is 1. The van der Waals surface area contributed by atoms with Crippen molar-refractivity contribution in [2.45, 2.75) is 26.2 Å². The van der Waals surface area contributed by atoms with E-state index in [0.29, 0.717) is 16.8 Å². The Morgan fingerprint density at radius 3 is 2.38 bits per heavy atom.